The van der Waals surface area contributed by atoms with Gasteiger partial charge in [0.1, 0.15) is 0 Å². The third kappa shape index (κ3) is 1.66. The van der Waals surface area contributed by atoms with Crippen LogP contribution in [0.25, 0.3) is 11.3 Å². The second kappa shape index (κ2) is 3.37. The number of hydrogen-bond acceptors (Lipinski definition) is 3. The molecule has 0 atom stereocenters. The number of H-pyrrole nitrogens is 1. The van der Waals surface area contributed by atoms with Crippen molar-refractivity contribution in [1.29, 1.82) is 0 Å². The van der Waals surface area contributed by atoms with Crippen LogP contribution in [0.3, 0.4) is 0 Å². The SMILES string of the molecule is O=C(O)Cc1cc(-c2cnco2)c[nH]1. The Bertz CT molecular complexity index is 431. The summed E-state index contributed by atoms with van der Waals surface area (Å²) in [5.41, 5.74) is 1.45. The average molecular weight is 192 g/mol. The lowest BCUT2D eigenvalue weighted by atomic mass is 10.2. The number of hydrogen-bond donors (Lipinski definition) is 2. The van der Waals surface area contributed by atoms with Crippen molar-refractivity contribution < 1.29 is 14.3 Å². The normalized spacial score (nSPS) is 10.3. The fourth-order valence-electron chi connectivity index (χ4n) is 1.21. The van der Waals surface area contributed by atoms with E-state index in [4.69, 9.17) is 9.52 Å². The highest BCUT2D eigenvalue weighted by Gasteiger charge is 2.06. The molecule has 0 bridgehead atoms. The Balaban J connectivity index is 2.22. The molecule has 0 aliphatic carbocycles. The number of aliphatic carboxylic acids is 1. The highest BCUT2D eigenvalue weighted by atomic mass is 16.4. The van der Waals surface area contributed by atoms with Gasteiger partial charge in [-0.25, -0.2) is 4.98 Å². The van der Waals surface area contributed by atoms with Crippen LogP contribution in [0.2, 0.25) is 0 Å². The minimum atomic E-state index is -0.865. The van der Waals surface area contributed by atoms with Crippen LogP contribution in [0.4, 0.5) is 0 Å². The minimum absolute atomic E-state index is 0.0197. The first-order chi connectivity index (χ1) is 6.75. The van der Waals surface area contributed by atoms with Crippen LogP contribution in [0, 0.1) is 0 Å². The molecule has 0 aliphatic heterocycles. The van der Waals surface area contributed by atoms with Crippen LogP contribution in [0.5, 0.6) is 0 Å². The van der Waals surface area contributed by atoms with E-state index in [1.165, 1.54) is 6.39 Å². The van der Waals surface area contributed by atoms with Crippen molar-refractivity contribution in [1.82, 2.24) is 9.97 Å². The molecule has 0 spiro atoms. The van der Waals surface area contributed by atoms with Gasteiger partial charge in [-0.05, 0) is 6.07 Å². The number of carbonyl (C=O) groups is 1. The number of carboxylic acid groups (broad SMARTS) is 1. The zero-order valence-electron chi connectivity index (χ0n) is 7.23. The number of carboxylic acids is 1. The molecule has 2 N–H and O–H groups in total. The number of oxazole rings is 1. The third-order valence-electron chi connectivity index (χ3n) is 1.80. The van der Waals surface area contributed by atoms with Crippen molar-refractivity contribution >= 4 is 5.97 Å². The zero-order valence-corrected chi connectivity index (χ0v) is 7.23. The maximum Gasteiger partial charge on any atom is 0.309 e. The standard InChI is InChI=1S/C9H8N2O3/c12-9(13)2-7-1-6(3-11-7)8-4-10-5-14-8/h1,3-5,11H,2H2,(H,12,13). The maximum atomic E-state index is 10.4. The lowest BCUT2D eigenvalue weighted by Gasteiger charge is -1.88. The van der Waals surface area contributed by atoms with Crippen molar-refractivity contribution in [2.24, 2.45) is 0 Å². The molecule has 2 rings (SSSR count). The third-order valence-corrected chi connectivity index (χ3v) is 1.80. The van der Waals surface area contributed by atoms with Gasteiger partial charge in [0.2, 0.25) is 0 Å². The molecule has 72 valence electrons. The molecule has 0 saturated heterocycles. The van der Waals surface area contributed by atoms with Crippen molar-refractivity contribution in [2.75, 3.05) is 0 Å². The maximum absolute atomic E-state index is 10.4. The predicted octanol–water partition coefficient (Wildman–Crippen LogP) is 1.30. The van der Waals surface area contributed by atoms with Crippen LogP contribution in [-0.4, -0.2) is 21.0 Å². The van der Waals surface area contributed by atoms with Crippen LogP contribution >= 0.6 is 0 Å². The van der Waals surface area contributed by atoms with Gasteiger partial charge in [-0.1, -0.05) is 0 Å². The smallest absolute Gasteiger partial charge is 0.309 e. The molecule has 0 radical (unpaired) electrons. The van der Waals surface area contributed by atoms with Crippen molar-refractivity contribution in [3.63, 3.8) is 0 Å². The van der Waals surface area contributed by atoms with Gasteiger partial charge in [-0.15, -0.1) is 0 Å². The van der Waals surface area contributed by atoms with Gasteiger partial charge in [0, 0.05) is 17.5 Å². The topological polar surface area (TPSA) is 79.1 Å². The van der Waals surface area contributed by atoms with E-state index < -0.39 is 5.97 Å². The molecular formula is C9H8N2O3. The molecule has 2 aromatic heterocycles. The van der Waals surface area contributed by atoms with E-state index in [2.05, 4.69) is 9.97 Å². The van der Waals surface area contributed by atoms with Gasteiger partial charge in [-0.2, -0.15) is 0 Å². The summed E-state index contributed by atoms with van der Waals surface area (Å²) in [4.78, 5) is 17.0. The molecule has 0 aliphatic rings. The molecule has 2 aromatic rings. The van der Waals surface area contributed by atoms with E-state index >= 15 is 0 Å². The summed E-state index contributed by atoms with van der Waals surface area (Å²) in [5.74, 6) is -0.242. The molecule has 0 aromatic carbocycles. The molecule has 0 saturated carbocycles. The fraction of sp³-hybridized carbons (Fsp3) is 0.111. The Kier molecular flexibility index (Phi) is 2.06. The van der Waals surface area contributed by atoms with Crippen molar-refractivity contribution in [3.05, 3.63) is 30.5 Å². The Morgan fingerprint density at radius 3 is 3.14 bits per heavy atom. The first kappa shape index (κ1) is 8.55. The average Bonchev–Trinajstić information content (AvgIpc) is 2.69. The number of nitrogens with zero attached hydrogens (tertiary/aromatic N) is 1. The second-order valence-corrected chi connectivity index (χ2v) is 2.85. The first-order valence-corrected chi connectivity index (χ1v) is 4.03. The summed E-state index contributed by atoms with van der Waals surface area (Å²) < 4.78 is 5.06. The van der Waals surface area contributed by atoms with Gasteiger partial charge in [0.15, 0.2) is 12.2 Å². The number of nitrogens with one attached hydrogen (secondary N) is 1. The summed E-state index contributed by atoms with van der Waals surface area (Å²) in [7, 11) is 0. The van der Waals surface area contributed by atoms with Crippen LogP contribution in [0.1, 0.15) is 5.69 Å². The lowest BCUT2D eigenvalue weighted by molar-refractivity contribution is -0.136. The van der Waals surface area contributed by atoms with E-state index in [0.29, 0.717) is 11.5 Å². The zero-order chi connectivity index (χ0) is 9.97. The van der Waals surface area contributed by atoms with Gasteiger partial charge in [0.25, 0.3) is 0 Å². The minimum Gasteiger partial charge on any atom is -0.481 e. The summed E-state index contributed by atoms with van der Waals surface area (Å²) >= 11 is 0. The van der Waals surface area contributed by atoms with Crippen molar-refractivity contribution in [2.45, 2.75) is 6.42 Å². The van der Waals surface area contributed by atoms with Crippen LogP contribution in [0.15, 0.2) is 29.3 Å². The van der Waals surface area contributed by atoms with E-state index in [1.807, 2.05) is 0 Å². The summed E-state index contributed by atoms with van der Waals surface area (Å²) in [6, 6.07) is 1.73. The van der Waals surface area contributed by atoms with Gasteiger partial charge in [-0.3, -0.25) is 4.79 Å². The quantitative estimate of drug-likeness (QED) is 0.768. The predicted molar refractivity (Wildman–Crippen MR) is 47.6 cm³/mol. The molecule has 14 heavy (non-hydrogen) atoms. The second-order valence-electron chi connectivity index (χ2n) is 2.85. The molecule has 0 amide bonds. The molecule has 5 nitrogen and oxygen atoms in total. The molecule has 5 heteroatoms. The van der Waals surface area contributed by atoms with Crippen LogP contribution < -0.4 is 0 Å². The molecule has 2 heterocycles. The Hall–Kier alpha value is -2.04. The summed E-state index contributed by atoms with van der Waals surface area (Å²) in [6.07, 6.45) is 4.58. The van der Waals surface area contributed by atoms with E-state index in [-0.39, 0.29) is 6.42 Å². The highest BCUT2D eigenvalue weighted by Crippen LogP contribution is 2.19. The van der Waals surface area contributed by atoms with Crippen molar-refractivity contribution in [3.8, 4) is 11.3 Å². The molecule has 0 fully saturated rings. The lowest BCUT2D eigenvalue weighted by Crippen LogP contribution is -1.99. The number of rotatable bonds is 3. The van der Waals surface area contributed by atoms with E-state index in [9.17, 15) is 4.79 Å². The van der Waals surface area contributed by atoms with Gasteiger partial charge >= 0.3 is 5.97 Å². The number of aromatic nitrogens is 2. The summed E-state index contributed by atoms with van der Waals surface area (Å²) in [5, 5.41) is 8.55. The Labute approximate surface area is 79.4 Å². The largest absolute Gasteiger partial charge is 0.481 e. The monoisotopic (exact) mass is 192 g/mol. The Morgan fingerprint density at radius 1 is 1.64 bits per heavy atom. The summed E-state index contributed by atoms with van der Waals surface area (Å²) in [6.45, 7) is 0. The molecule has 0 unspecified atom stereocenters. The first-order valence-electron chi connectivity index (χ1n) is 4.03. The van der Waals surface area contributed by atoms with Gasteiger partial charge < -0.3 is 14.5 Å². The number of aromatic amines is 1. The van der Waals surface area contributed by atoms with E-state index in [1.54, 1.807) is 18.5 Å². The molecular weight excluding hydrogens is 184 g/mol. The van der Waals surface area contributed by atoms with Crippen LogP contribution in [-0.2, 0) is 11.2 Å². The fourth-order valence-corrected chi connectivity index (χ4v) is 1.21. The highest BCUT2D eigenvalue weighted by molar-refractivity contribution is 5.70. The van der Waals surface area contributed by atoms with E-state index in [0.717, 1.165) is 5.56 Å². The van der Waals surface area contributed by atoms with Gasteiger partial charge in [0.05, 0.1) is 12.6 Å². The Morgan fingerprint density at radius 2 is 2.50 bits per heavy atom.